The van der Waals surface area contributed by atoms with Gasteiger partial charge in [0.1, 0.15) is 5.75 Å². The number of hydrogen-bond acceptors (Lipinski definition) is 3. The van der Waals surface area contributed by atoms with E-state index >= 15 is 0 Å². The van der Waals surface area contributed by atoms with E-state index in [1.165, 1.54) is 5.57 Å². The summed E-state index contributed by atoms with van der Waals surface area (Å²) in [5.74, 6) is 0.985. The molecule has 0 atom stereocenters. The molecule has 3 rings (SSSR count). The van der Waals surface area contributed by atoms with E-state index < -0.39 is 5.60 Å². The minimum Gasteiger partial charge on any atom is -0.493 e. The van der Waals surface area contributed by atoms with E-state index in [-0.39, 0.29) is 12.3 Å². The highest BCUT2D eigenvalue weighted by molar-refractivity contribution is 5.80. The summed E-state index contributed by atoms with van der Waals surface area (Å²) >= 11 is 0. The Balaban J connectivity index is 1.65. The molecule has 4 heteroatoms. The van der Waals surface area contributed by atoms with Gasteiger partial charge in [-0.1, -0.05) is 37.1 Å². The molecule has 4 nitrogen and oxygen atoms in total. The van der Waals surface area contributed by atoms with Crippen LogP contribution in [0.2, 0.25) is 0 Å². The molecule has 1 aliphatic heterocycles. The predicted octanol–water partition coefficient (Wildman–Crippen LogP) is 3.40. The molecule has 2 aliphatic rings. The molecule has 1 aliphatic carbocycles. The Labute approximate surface area is 144 Å². The molecule has 1 N–H and O–H groups in total. The van der Waals surface area contributed by atoms with E-state index in [0.717, 1.165) is 43.4 Å². The van der Waals surface area contributed by atoms with Crippen molar-refractivity contribution in [3.05, 3.63) is 35.9 Å². The number of hydrogen-bond donors (Lipinski definition) is 1. The number of nitrogens with zero attached hydrogens (tertiary/aromatic N) is 1. The van der Waals surface area contributed by atoms with Crippen molar-refractivity contribution >= 4 is 11.5 Å². The van der Waals surface area contributed by atoms with Gasteiger partial charge in [0.05, 0.1) is 18.6 Å². The van der Waals surface area contributed by atoms with Crippen molar-refractivity contribution in [2.45, 2.75) is 51.0 Å². The Hall–Kier alpha value is -1.81. The summed E-state index contributed by atoms with van der Waals surface area (Å²) < 4.78 is 5.71. The minimum absolute atomic E-state index is 0.0767. The number of carbonyl (C=O) groups is 1. The summed E-state index contributed by atoms with van der Waals surface area (Å²) in [7, 11) is 0. The first-order chi connectivity index (χ1) is 11.6. The summed E-state index contributed by atoms with van der Waals surface area (Å²) in [6.45, 7) is 3.96. The monoisotopic (exact) mass is 329 g/mol. The normalized spacial score (nSPS) is 19.9. The van der Waals surface area contributed by atoms with Gasteiger partial charge in [-0.2, -0.15) is 0 Å². The Bertz CT molecular complexity index is 617. The lowest BCUT2D eigenvalue weighted by Gasteiger charge is -2.30. The Morgan fingerprint density at radius 2 is 2.04 bits per heavy atom. The highest BCUT2D eigenvalue weighted by atomic mass is 16.5. The molecule has 0 aromatic heterocycles. The lowest BCUT2D eigenvalue weighted by molar-refractivity contribution is -0.135. The van der Waals surface area contributed by atoms with Crippen LogP contribution in [-0.4, -0.2) is 41.2 Å². The molecule has 130 valence electrons. The van der Waals surface area contributed by atoms with Crippen LogP contribution in [0.15, 0.2) is 30.3 Å². The van der Waals surface area contributed by atoms with Crippen LogP contribution in [0, 0.1) is 0 Å². The lowest BCUT2D eigenvalue weighted by Crippen LogP contribution is -2.40. The summed E-state index contributed by atoms with van der Waals surface area (Å²) in [5, 5.41) is 10.4. The van der Waals surface area contributed by atoms with Gasteiger partial charge in [-0.3, -0.25) is 4.79 Å². The third-order valence-electron chi connectivity index (χ3n) is 5.11. The van der Waals surface area contributed by atoms with Gasteiger partial charge >= 0.3 is 0 Å². The van der Waals surface area contributed by atoms with Gasteiger partial charge in [0.25, 0.3) is 0 Å². The summed E-state index contributed by atoms with van der Waals surface area (Å²) in [4.78, 5) is 14.3. The van der Waals surface area contributed by atoms with Crippen LogP contribution in [0.25, 0.3) is 5.57 Å². The molecule has 1 heterocycles. The van der Waals surface area contributed by atoms with Crippen molar-refractivity contribution in [1.29, 1.82) is 0 Å². The molecular weight excluding hydrogens is 302 g/mol. The topological polar surface area (TPSA) is 49.8 Å². The summed E-state index contributed by atoms with van der Waals surface area (Å²) in [6.07, 6.45) is 6.80. The highest BCUT2D eigenvalue weighted by Gasteiger charge is 2.35. The average molecular weight is 329 g/mol. The largest absolute Gasteiger partial charge is 0.493 e. The maximum Gasteiger partial charge on any atom is 0.225 e. The molecule has 0 saturated heterocycles. The van der Waals surface area contributed by atoms with Crippen molar-refractivity contribution in [3.63, 3.8) is 0 Å². The molecule has 0 bridgehead atoms. The fraction of sp³-hybridized carbons (Fsp3) is 0.550. The van der Waals surface area contributed by atoms with Crippen molar-refractivity contribution < 1.29 is 14.6 Å². The van der Waals surface area contributed by atoms with E-state index in [9.17, 15) is 9.90 Å². The standard InChI is InChI=1S/C20H27NO3/c1-2-24-18-8-4-3-7-17(18)16-9-13-21(14-10-16)19(22)15-20(23)11-5-6-12-20/h3-4,7-9,23H,2,5-6,10-15H2,1H3. The Kier molecular flexibility index (Phi) is 5.24. The molecule has 1 saturated carbocycles. The maximum absolute atomic E-state index is 12.5. The van der Waals surface area contributed by atoms with Gasteiger partial charge in [-0.05, 0) is 37.8 Å². The molecule has 1 fully saturated rings. The lowest BCUT2D eigenvalue weighted by atomic mass is 9.95. The molecule has 0 radical (unpaired) electrons. The summed E-state index contributed by atoms with van der Waals surface area (Å²) in [5.41, 5.74) is 1.60. The number of amides is 1. The zero-order valence-corrected chi connectivity index (χ0v) is 14.5. The van der Waals surface area contributed by atoms with E-state index in [0.29, 0.717) is 19.7 Å². The van der Waals surface area contributed by atoms with Crippen LogP contribution in [-0.2, 0) is 4.79 Å². The smallest absolute Gasteiger partial charge is 0.225 e. The fourth-order valence-corrected chi connectivity index (χ4v) is 3.76. The fourth-order valence-electron chi connectivity index (χ4n) is 3.76. The maximum atomic E-state index is 12.5. The zero-order chi connectivity index (χ0) is 17.0. The van der Waals surface area contributed by atoms with Crippen LogP contribution in [0.1, 0.15) is 51.0 Å². The van der Waals surface area contributed by atoms with E-state index in [4.69, 9.17) is 4.74 Å². The third-order valence-corrected chi connectivity index (χ3v) is 5.11. The van der Waals surface area contributed by atoms with Crippen molar-refractivity contribution in [1.82, 2.24) is 4.90 Å². The predicted molar refractivity (Wildman–Crippen MR) is 94.8 cm³/mol. The molecule has 0 unspecified atom stereocenters. The number of carbonyl (C=O) groups excluding carboxylic acids is 1. The third kappa shape index (κ3) is 3.81. The van der Waals surface area contributed by atoms with Gasteiger partial charge in [0, 0.05) is 18.7 Å². The van der Waals surface area contributed by atoms with Crippen LogP contribution >= 0.6 is 0 Å². The van der Waals surface area contributed by atoms with Crippen molar-refractivity contribution in [2.24, 2.45) is 0 Å². The van der Waals surface area contributed by atoms with Gasteiger partial charge < -0.3 is 14.7 Å². The van der Waals surface area contributed by atoms with E-state index in [1.54, 1.807) is 0 Å². The quantitative estimate of drug-likeness (QED) is 0.901. The SMILES string of the molecule is CCOc1ccccc1C1=CCN(C(=O)CC2(O)CCCC2)CC1. The van der Waals surface area contributed by atoms with Gasteiger partial charge in [-0.25, -0.2) is 0 Å². The number of ether oxygens (including phenoxy) is 1. The number of aliphatic hydroxyl groups is 1. The van der Waals surface area contributed by atoms with E-state index in [1.807, 2.05) is 30.0 Å². The summed E-state index contributed by atoms with van der Waals surface area (Å²) in [6, 6.07) is 8.07. The molecule has 1 aromatic carbocycles. The number of benzene rings is 1. The van der Waals surface area contributed by atoms with Gasteiger partial charge in [-0.15, -0.1) is 0 Å². The molecule has 24 heavy (non-hydrogen) atoms. The van der Waals surface area contributed by atoms with Crippen LogP contribution in [0.4, 0.5) is 0 Å². The van der Waals surface area contributed by atoms with Crippen molar-refractivity contribution in [3.8, 4) is 5.75 Å². The Morgan fingerprint density at radius 1 is 1.29 bits per heavy atom. The second kappa shape index (κ2) is 7.39. The molecular formula is C20H27NO3. The van der Waals surface area contributed by atoms with Crippen LogP contribution < -0.4 is 4.74 Å². The average Bonchev–Trinajstić information content (AvgIpc) is 3.02. The van der Waals surface area contributed by atoms with Crippen molar-refractivity contribution in [2.75, 3.05) is 19.7 Å². The zero-order valence-electron chi connectivity index (χ0n) is 14.5. The molecule has 1 amide bonds. The first-order valence-electron chi connectivity index (χ1n) is 9.03. The molecule has 0 spiro atoms. The Morgan fingerprint density at radius 3 is 2.71 bits per heavy atom. The molecule has 1 aromatic rings. The second-order valence-electron chi connectivity index (χ2n) is 6.86. The van der Waals surface area contributed by atoms with Crippen LogP contribution in [0.3, 0.4) is 0 Å². The highest BCUT2D eigenvalue weighted by Crippen LogP contribution is 2.34. The second-order valence-corrected chi connectivity index (χ2v) is 6.86. The van der Waals surface area contributed by atoms with E-state index in [2.05, 4.69) is 12.1 Å². The first-order valence-corrected chi connectivity index (χ1v) is 9.03. The minimum atomic E-state index is -0.761. The number of para-hydroxylation sites is 1. The first kappa shape index (κ1) is 17.0. The van der Waals surface area contributed by atoms with Gasteiger partial charge in [0.15, 0.2) is 0 Å². The van der Waals surface area contributed by atoms with Crippen LogP contribution in [0.5, 0.6) is 5.75 Å². The number of rotatable bonds is 5. The van der Waals surface area contributed by atoms with Gasteiger partial charge in [0.2, 0.25) is 5.91 Å².